The molecular weight excluding hydrogens is 464 g/mol. The summed E-state index contributed by atoms with van der Waals surface area (Å²) in [6.07, 6.45) is 8.18. The number of amides is 2. The monoisotopic (exact) mass is 500 g/mol. The van der Waals surface area contributed by atoms with Crippen LogP contribution < -0.4 is 10.2 Å². The molecule has 1 N–H and O–H groups in total. The molecular formula is C29H36N6O2. The third kappa shape index (κ3) is 6.71. The van der Waals surface area contributed by atoms with Gasteiger partial charge in [0.1, 0.15) is 6.33 Å². The summed E-state index contributed by atoms with van der Waals surface area (Å²) >= 11 is 0. The Morgan fingerprint density at radius 2 is 1.68 bits per heavy atom. The first-order valence-electron chi connectivity index (χ1n) is 12.9. The Morgan fingerprint density at radius 3 is 2.32 bits per heavy atom. The van der Waals surface area contributed by atoms with Gasteiger partial charge in [-0.05, 0) is 47.7 Å². The Balaban J connectivity index is 1.50. The average molecular weight is 501 g/mol. The number of carbonyl (C=O) groups excluding carboxylic acids is 2. The van der Waals surface area contributed by atoms with Gasteiger partial charge in [-0.3, -0.25) is 14.6 Å². The van der Waals surface area contributed by atoms with Crippen LogP contribution in [0.3, 0.4) is 0 Å². The molecule has 2 aromatic carbocycles. The predicted molar refractivity (Wildman–Crippen MR) is 145 cm³/mol. The number of unbranched alkanes of at least 4 members (excludes halogenated alkanes) is 2. The van der Waals surface area contributed by atoms with Crippen molar-refractivity contribution >= 4 is 17.5 Å². The van der Waals surface area contributed by atoms with E-state index < -0.39 is 0 Å². The molecule has 0 saturated heterocycles. The Bertz CT molecular complexity index is 1190. The molecule has 2 amide bonds. The lowest BCUT2D eigenvalue weighted by atomic mass is 10.0. The highest BCUT2D eigenvalue weighted by atomic mass is 16.2. The molecule has 2 heterocycles. The van der Waals surface area contributed by atoms with Crippen LogP contribution in [0.1, 0.15) is 42.9 Å². The largest absolute Gasteiger partial charge is 0.355 e. The summed E-state index contributed by atoms with van der Waals surface area (Å²) in [5.41, 5.74) is 6.22. The van der Waals surface area contributed by atoms with Gasteiger partial charge in [-0.2, -0.15) is 0 Å². The molecule has 0 unspecified atom stereocenters. The van der Waals surface area contributed by atoms with Crippen molar-refractivity contribution in [3.8, 4) is 11.1 Å². The Labute approximate surface area is 219 Å². The minimum atomic E-state index is -0.0833. The number of hydrogen-bond acceptors (Lipinski definition) is 6. The Morgan fingerprint density at radius 1 is 0.973 bits per heavy atom. The van der Waals surface area contributed by atoms with Gasteiger partial charge in [-0.1, -0.05) is 50.1 Å². The Hall–Kier alpha value is -3.78. The van der Waals surface area contributed by atoms with Crippen molar-refractivity contribution in [2.45, 2.75) is 46.2 Å². The molecule has 0 radical (unpaired) electrons. The number of nitrogens with zero attached hydrogens (tertiary/aromatic N) is 5. The van der Waals surface area contributed by atoms with E-state index in [0.717, 1.165) is 41.6 Å². The Kier molecular flexibility index (Phi) is 8.85. The first-order valence-corrected chi connectivity index (χ1v) is 12.9. The summed E-state index contributed by atoms with van der Waals surface area (Å²) in [6, 6.07) is 14.3. The first kappa shape index (κ1) is 26.3. The van der Waals surface area contributed by atoms with Gasteiger partial charge in [0.2, 0.25) is 5.91 Å². The van der Waals surface area contributed by atoms with E-state index >= 15 is 0 Å². The maximum Gasteiger partial charge on any atom is 0.256 e. The summed E-state index contributed by atoms with van der Waals surface area (Å²) in [6.45, 7) is 6.39. The fraction of sp³-hybridized carbons (Fsp3) is 0.379. The average Bonchev–Trinajstić information content (AvgIpc) is 3.35. The fourth-order valence-corrected chi connectivity index (χ4v) is 4.65. The van der Waals surface area contributed by atoms with Gasteiger partial charge >= 0.3 is 0 Å². The van der Waals surface area contributed by atoms with Crippen LogP contribution >= 0.6 is 0 Å². The molecule has 0 saturated carbocycles. The summed E-state index contributed by atoms with van der Waals surface area (Å²) in [5.74, 6) is -0.147. The maximum absolute atomic E-state index is 13.4. The quantitative estimate of drug-likeness (QED) is 0.402. The number of fused-ring (bicyclic) bond motifs is 1. The van der Waals surface area contributed by atoms with Crippen molar-refractivity contribution in [3.05, 3.63) is 77.9 Å². The second-order valence-electron chi connectivity index (χ2n) is 9.55. The fourth-order valence-electron chi connectivity index (χ4n) is 4.65. The predicted octanol–water partition coefficient (Wildman–Crippen LogP) is 3.95. The number of benzene rings is 2. The zero-order chi connectivity index (χ0) is 26.2. The van der Waals surface area contributed by atoms with Gasteiger partial charge in [-0.25, -0.2) is 15.0 Å². The smallest absolute Gasteiger partial charge is 0.256 e. The van der Waals surface area contributed by atoms with E-state index in [4.69, 9.17) is 0 Å². The van der Waals surface area contributed by atoms with E-state index in [2.05, 4.69) is 34.3 Å². The van der Waals surface area contributed by atoms with E-state index in [9.17, 15) is 9.59 Å². The highest BCUT2D eigenvalue weighted by molar-refractivity contribution is 5.87. The molecule has 37 heavy (non-hydrogen) atoms. The molecule has 0 aliphatic carbocycles. The number of aryl methyl sites for hydroxylation is 1. The lowest BCUT2D eigenvalue weighted by Gasteiger charge is -2.32. The van der Waals surface area contributed by atoms with Crippen molar-refractivity contribution in [3.63, 3.8) is 0 Å². The third-order valence-electron chi connectivity index (χ3n) is 6.80. The van der Waals surface area contributed by atoms with Crippen molar-refractivity contribution in [1.82, 2.24) is 25.3 Å². The van der Waals surface area contributed by atoms with E-state index in [0.29, 0.717) is 19.6 Å². The van der Waals surface area contributed by atoms with E-state index in [-0.39, 0.29) is 24.9 Å². The van der Waals surface area contributed by atoms with Crippen LogP contribution in [0.5, 0.6) is 0 Å². The summed E-state index contributed by atoms with van der Waals surface area (Å²) in [7, 11) is 1.81. The number of anilines is 1. The van der Waals surface area contributed by atoms with Gasteiger partial charge in [-0.15, -0.1) is 0 Å². The highest BCUT2D eigenvalue weighted by Crippen LogP contribution is 2.27. The van der Waals surface area contributed by atoms with Crippen molar-refractivity contribution < 1.29 is 9.59 Å². The molecule has 0 atom stereocenters. The summed E-state index contributed by atoms with van der Waals surface area (Å²) in [4.78, 5) is 36.4. The van der Waals surface area contributed by atoms with Crippen LogP contribution in [0.25, 0.3) is 11.1 Å². The number of aromatic nitrogens is 2. The van der Waals surface area contributed by atoms with Crippen LogP contribution in [-0.4, -0.2) is 58.5 Å². The third-order valence-corrected chi connectivity index (χ3v) is 6.80. The van der Waals surface area contributed by atoms with Crippen LogP contribution in [0.2, 0.25) is 0 Å². The van der Waals surface area contributed by atoms with E-state index in [1.54, 1.807) is 17.4 Å². The number of hydrogen-bond donors (Lipinski definition) is 1. The van der Waals surface area contributed by atoms with Crippen molar-refractivity contribution in [2.24, 2.45) is 0 Å². The van der Waals surface area contributed by atoms with Gasteiger partial charge in [0.05, 0.1) is 13.1 Å². The van der Waals surface area contributed by atoms with Gasteiger partial charge in [0.25, 0.3) is 5.91 Å². The van der Waals surface area contributed by atoms with E-state index in [1.807, 2.05) is 54.2 Å². The lowest BCUT2D eigenvalue weighted by molar-refractivity contribution is -0.145. The number of nitrogens with one attached hydrogen (secondary N) is 1. The lowest BCUT2D eigenvalue weighted by Crippen LogP contribution is -2.48. The maximum atomic E-state index is 13.4. The first-order chi connectivity index (χ1) is 18.0. The normalized spacial score (nSPS) is 12.7. The molecule has 4 rings (SSSR count). The number of likely N-dealkylation sites (N-methyl/N-ethyl adjacent to an activating group) is 1. The number of hydrazine groups is 1. The molecule has 8 nitrogen and oxygen atoms in total. The second-order valence-corrected chi connectivity index (χ2v) is 9.55. The molecule has 3 aromatic rings. The second kappa shape index (κ2) is 12.5. The van der Waals surface area contributed by atoms with Crippen molar-refractivity contribution in [1.29, 1.82) is 0 Å². The van der Waals surface area contributed by atoms with Crippen LogP contribution in [0.4, 0.5) is 5.69 Å². The molecule has 0 bridgehead atoms. The topological polar surface area (TPSA) is 81.7 Å². The molecule has 194 valence electrons. The van der Waals surface area contributed by atoms with Gasteiger partial charge in [0.15, 0.2) is 0 Å². The zero-order valence-electron chi connectivity index (χ0n) is 22.0. The SMILES string of the molecule is CCCCCNC(=O)CN(CC(=O)N(C)N1Cc2ccccc2C1)c1ccc(-c2cncnc2)cc1C. The minimum Gasteiger partial charge on any atom is -0.355 e. The van der Waals surface area contributed by atoms with Gasteiger partial charge in [0, 0.05) is 50.3 Å². The standard InChI is InChI=1S/C29H36N6O2/c1-4-5-8-13-32-28(36)19-34(27-12-11-23(14-22(27)2)26-15-30-21-31-16-26)20-29(37)33(3)35-17-24-9-6-7-10-25(24)18-35/h6-7,9-12,14-16,21H,4-5,8,13,17-20H2,1-3H3,(H,32,36). The molecule has 8 heteroatoms. The molecule has 0 spiro atoms. The summed E-state index contributed by atoms with van der Waals surface area (Å²) in [5, 5.41) is 6.75. The zero-order valence-corrected chi connectivity index (χ0v) is 22.0. The molecule has 1 aliphatic rings. The number of carbonyl (C=O) groups is 2. The van der Waals surface area contributed by atoms with E-state index in [1.165, 1.54) is 17.5 Å². The highest BCUT2D eigenvalue weighted by Gasteiger charge is 2.27. The van der Waals surface area contributed by atoms with Crippen molar-refractivity contribution in [2.75, 3.05) is 31.6 Å². The molecule has 1 aromatic heterocycles. The minimum absolute atomic E-state index is 0.0634. The van der Waals surface area contributed by atoms with Crippen LogP contribution in [-0.2, 0) is 22.7 Å². The molecule has 0 fully saturated rings. The summed E-state index contributed by atoms with van der Waals surface area (Å²) < 4.78 is 0. The number of rotatable bonds is 11. The molecule has 1 aliphatic heterocycles. The van der Waals surface area contributed by atoms with Gasteiger partial charge < -0.3 is 10.2 Å². The van der Waals surface area contributed by atoms with Crippen LogP contribution in [0, 0.1) is 6.92 Å². The van der Waals surface area contributed by atoms with Crippen LogP contribution in [0.15, 0.2) is 61.2 Å².